The number of hydrogen-bond acceptors (Lipinski definition) is 4. The van der Waals surface area contributed by atoms with Gasteiger partial charge in [-0.1, -0.05) is 0 Å². The lowest BCUT2D eigenvalue weighted by Gasteiger charge is -2.00. The van der Waals surface area contributed by atoms with Crippen LogP contribution in [0.25, 0.3) is 0 Å². The van der Waals surface area contributed by atoms with E-state index in [0.717, 1.165) is 0 Å². The molecule has 0 aliphatic heterocycles. The lowest BCUT2D eigenvalue weighted by Crippen LogP contribution is -2.19. The van der Waals surface area contributed by atoms with Gasteiger partial charge in [0, 0.05) is 14.1 Å². The molecule has 6 nitrogen and oxygen atoms in total. The number of aromatic nitrogens is 2. The molecule has 1 aromatic heterocycles. The quantitative estimate of drug-likeness (QED) is 0.868. The fourth-order valence-electron chi connectivity index (χ4n) is 0.973. The summed E-state index contributed by atoms with van der Waals surface area (Å²) in [6, 6.07) is 1.98. The first-order chi connectivity index (χ1) is 7.10. The third-order valence-electron chi connectivity index (χ3n) is 1.71. The third-order valence-corrected chi connectivity index (χ3v) is 2.54. The topological polar surface area (TPSA) is 79.9 Å². The predicted octanol–water partition coefficient (Wildman–Crippen LogP) is 0.910. The summed E-state index contributed by atoms with van der Waals surface area (Å²) in [5, 5.41) is 15.1. The van der Waals surface area contributed by atoms with Crippen molar-refractivity contribution >= 4 is 22.0 Å². The number of amides is 1. The van der Waals surface area contributed by atoms with E-state index in [4.69, 9.17) is 10.00 Å². The highest BCUT2D eigenvalue weighted by Gasteiger charge is 2.14. The standard InChI is InChI=1S/C8H9BrN4O2/c1-11-8(14)15-4-5-7(9)6(3-10)13(2)12-5/h4H2,1-2H3,(H,11,14). The van der Waals surface area contributed by atoms with Crippen LogP contribution >= 0.6 is 15.9 Å². The minimum absolute atomic E-state index is 0.0236. The lowest BCUT2D eigenvalue weighted by atomic mass is 10.4. The molecule has 1 N–H and O–H groups in total. The molecule has 0 atom stereocenters. The first kappa shape index (κ1) is 11.5. The molecule has 1 amide bonds. The normalized spacial score (nSPS) is 9.47. The second kappa shape index (κ2) is 4.79. The van der Waals surface area contributed by atoms with Crippen LogP contribution in [0.5, 0.6) is 0 Å². The van der Waals surface area contributed by atoms with E-state index >= 15 is 0 Å². The van der Waals surface area contributed by atoms with Crippen molar-refractivity contribution in [3.63, 3.8) is 0 Å². The molecule has 0 aliphatic rings. The van der Waals surface area contributed by atoms with E-state index < -0.39 is 6.09 Å². The van der Waals surface area contributed by atoms with E-state index in [1.54, 1.807) is 7.05 Å². The zero-order chi connectivity index (χ0) is 11.4. The molecule has 0 unspecified atom stereocenters. The number of rotatable bonds is 2. The van der Waals surface area contributed by atoms with Crippen molar-refractivity contribution in [1.82, 2.24) is 15.1 Å². The maximum absolute atomic E-state index is 10.8. The largest absolute Gasteiger partial charge is 0.443 e. The second-order valence-electron chi connectivity index (χ2n) is 2.67. The summed E-state index contributed by atoms with van der Waals surface area (Å²) in [7, 11) is 3.11. The Kier molecular flexibility index (Phi) is 3.68. The number of alkyl carbamates (subject to hydrolysis) is 1. The summed E-state index contributed by atoms with van der Waals surface area (Å²) in [6.45, 7) is 0.0236. The highest BCUT2D eigenvalue weighted by atomic mass is 79.9. The predicted molar refractivity (Wildman–Crippen MR) is 54.9 cm³/mol. The number of ether oxygens (including phenoxy) is 1. The Morgan fingerprint density at radius 3 is 2.93 bits per heavy atom. The van der Waals surface area contributed by atoms with Crippen LogP contribution in [-0.2, 0) is 18.4 Å². The molecule has 15 heavy (non-hydrogen) atoms. The number of carbonyl (C=O) groups is 1. The van der Waals surface area contributed by atoms with Crippen LogP contribution in [-0.4, -0.2) is 22.9 Å². The summed E-state index contributed by atoms with van der Waals surface area (Å²) >= 11 is 3.22. The van der Waals surface area contributed by atoms with Crippen molar-refractivity contribution in [3.8, 4) is 6.07 Å². The number of nitrogens with one attached hydrogen (secondary N) is 1. The molecule has 0 aliphatic carbocycles. The Labute approximate surface area is 94.9 Å². The molecule has 1 rings (SSSR count). The maximum Gasteiger partial charge on any atom is 0.407 e. The van der Waals surface area contributed by atoms with Gasteiger partial charge in [0.15, 0.2) is 5.69 Å². The molecule has 0 fully saturated rings. The fraction of sp³-hybridized carbons (Fsp3) is 0.375. The molecular weight excluding hydrogens is 264 g/mol. The highest BCUT2D eigenvalue weighted by molar-refractivity contribution is 9.10. The van der Waals surface area contributed by atoms with Gasteiger partial charge in [0.2, 0.25) is 0 Å². The van der Waals surface area contributed by atoms with Crippen molar-refractivity contribution in [3.05, 3.63) is 15.9 Å². The first-order valence-corrected chi connectivity index (χ1v) is 4.85. The number of hydrogen-bond donors (Lipinski definition) is 1. The molecule has 0 saturated heterocycles. The Balaban J connectivity index is 2.80. The average Bonchev–Trinajstić information content (AvgIpc) is 2.50. The summed E-state index contributed by atoms with van der Waals surface area (Å²) in [4.78, 5) is 10.8. The second-order valence-corrected chi connectivity index (χ2v) is 3.46. The van der Waals surface area contributed by atoms with Crippen LogP contribution in [0.15, 0.2) is 4.47 Å². The zero-order valence-corrected chi connectivity index (χ0v) is 9.83. The summed E-state index contributed by atoms with van der Waals surface area (Å²) in [6.07, 6.45) is -0.536. The van der Waals surface area contributed by atoms with E-state index in [9.17, 15) is 4.79 Å². The highest BCUT2D eigenvalue weighted by Crippen LogP contribution is 2.20. The van der Waals surface area contributed by atoms with Gasteiger partial charge in [0.1, 0.15) is 18.4 Å². The Bertz CT molecular complexity index is 421. The van der Waals surface area contributed by atoms with Gasteiger partial charge in [0.05, 0.1) is 4.47 Å². The minimum Gasteiger partial charge on any atom is -0.443 e. The molecule has 0 spiro atoms. The van der Waals surface area contributed by atoms with Crippen molar-refractivity contribution in [1.29, 1.82) is 5.26 Å². The van der Waals surface area contributed by atoms with Crippen molar-refractivity contribution < 1.29 is 9.53 Å². The van der Waals surface area contributed by atoms with Gasteiger partial charge >= 0.3 is 6.09 Å². The van der Waals surface area contributed by atoms with Crippen molar-refractivity contribution in [2.45, 2.75) is 6.61 Å². The van der Waals surface area contributed by atoms with Crippen molar-refractivity contribution in [2.75, 3.05) is 7.05 Å². The summed E-state index contributed by atoms with van der Waals surface area (Å²) in [5.74, 6) is 0. The van der Waals surface area contributed by atoms with Crippen molar-refractivity contribution in [2.24, 2.45) is 7.05 Å². The van der Waals surface area contributed by atoms with Crippen LogP contribution in [0.1, 0.15) is 11.4 Å². The van der Waals surface area contributed by atoms with Gasteiger partial charge in [-0.3, -0.25) is 4.68 Å². The van der Waals surface area contributed by atoms with Crippen LogP contribution in [0, 0.1) is 11.3 Å². The Morgan fingerprint density at radius 2 is 2.47 bits per heavy atom. The van der Waals surface area contributed by atoms with Gasteiger partial charge < -0.3 is 10.1 Å². The molecule has 1 aromatic rings. The van der Waals surface area contributed by atoms with E-state index in [1.807, 2.05) is 6.07 Å². The summed E-state index contributed by atoms with van der Waals surface area (Å²) in [5.41, 5.74) is 0.906. The molecule has 0 saturated carbocycles. The molecule has 0 radical (unpaired) electrons. The van der Waals surface area contributed by atoms with Gasteiger partial charge in [-0.25, -0.2) is 4.79 Å². The smallest absolute Gasteiger partial charge is 0.407 e. The van der Waals surface area contributed by atoms with Crippen LogP contribution in [0.4, 0.5) is 4.79 Å². The SMILES string of the molecule is CNC(=O)OCc1nn(C)c(C#N)c1Br. The number of nitriles is 1. The van der Waals surface area contributed by atoms with E-state index in [2.05, 4.69) is 26.3 Å². The average molecular weight is 273 g/mol. The van der Waals surface area contributed by atoms with Crippen LogP contribution < -0.4 is 5.32 Å². The Hall–Kier alpha value is -1.55. The lowest BCUT2D eigenvalue weighted by molar-refractivity contribution is 0.140. The van der Waals surface area contributed by atoms with Gasteiger partial charge in [0.25, 0.3) is 0 Å². The Morgan fingerprint density at radius 1 is 1.80 bits per heavy atom. The monoisotopic (exact) mass is 272 g/mol. The molecule has 80 valence electrons. The molecule has 7 heteroatoms. The van der Waals surface area contributed by atoms with Crippen LogP contribution in [0.3, 0.4) is 0 Å². The zero-order valence-electron chi connectivity index (χ0n) is 8.24. The molecule has 0 bridgehead atoms. The number of halogens is 1. The minimum atomic E-state index is -0.536. The van der Waals surface area contributed by atoms with Gasteiger partial charge in [-0.05, 0) is 15.9 Å². The van der Waals surface area contributed by atoms with Gasteiger partial charge in [-0.15, -0.1) is 0 Å². The molecular formula is C8H9BrN4O2. The molecule has 1 heterocycles. The number of aryl methyl sites for hydroxylation is 1. The van der Waals surface area contributed by atoms with E-state index in [-0.39, 0.29) is 6.61 Å². The number of carbonyl (C=O) groups excluding carboxylic acids is 1. The third kappa shape index (κ3) is 2.47. The van der Waals surface area contributed by atoms with E-state index in [1.165, 1.54) is 11.7 Å². The fourth-order valence-corrected chi connectivity index (χ4v) is 1.51. The van der Waals surface area contributed by atoms with Gasteiger partial charge in [-0.2, -0.15) is 10.4 Å². The van der Waals surface area contributed by atoms with E-state index in [0.29, 0.717) is 15.9 Å². The molecule has 0 aromatic carbocycles. The summed E-state index contributed by atoms with van der Waals surface area (Å²) < 4.78 is 6.78. The maximum atomic E-state index is 10.8. The first-order valence-electron chi connectivity index (χ1n) is 4.06. The van der Waals surface area contributed by atoms with Crippen LogP contribution in [0.2, 0.25) is 0 Å². The number of nitrogens with zero attached hydrogens (tertiary/aromatic N) is 3.